The summed E-state index contributed by atoms with van der Waals surface area (Å²) in [6.07, 6.45) is 8.57. The van der Waals surface area contributed by atoms with Gasteiger partial charge < -0.3 is 9.84 Å². The number of allylic oxidation sites excluding steroid dienone is 3. The number of rotatable bonds is 4. The van der Waals surface area contributed by atoms with Crippen molar-refractivity contribution in [3.8, 4) is 5.69 Å². The molecule has 2 aromatic rings. The van der Waals surface area contributed by atoms with Crippen LogP contribution in [-0.2, 0) is 4.74 Å². The van der Waals surface area contributed by atoms with Crippen LogP contribution in [-0.4, -0.2) is 33.2 Å². The maximum Gasteiger partial charge on any atom is 0.335 e. The van der Waals surface area contributed by atoms with Crippen LogP contribution in [0.3, 0.4) is 0 Å². The molecular formula is C16H15N3O3. The summed E-state index contributed by atoms with van der Waals surface area (Å²) in [6.45, 7) is 0. The number of benzene rings is 1. The summed E-state index contributed by atoms with van der Waals surface area (Å²) in [6, 6.07) is 6.60. The topological polar surface area (TPSA) is 77.2 Å². The van der Waals surface area contributed by atoms with E-state index < -0.39 is 5.97 Å². The first kappa shape index (κ1) is 14.1. The number of hydrogen-bond donors (Lipinski definition) is 1. The molecule has 1 aromatic heterocycles. The summed E-state index contributed by atoms with van der Waals surface area (Å²) in [5.74, 6) is 0.0303. The lowest BCUT2D eigenvalue weighted by Gasteiger charge is -2.12. The average molecular weight is 297 g/mol. The van der Waals surface area contributed by atoms with E-state index >= 15 is 0 Å². The Morgan fingerprint density at radius 2 is 2.32 bits per heavy atom. The number of ether oxygens (including phenoxy) is 1. The summed E-state index contributed by atoms with van der Waals surface area (Å²) < 4.78 is 6.75. The molecule has 1 heterocycles. The molecule has 1 unspecified atom stereocenters. The summed E-state index contributed by atoms with van der Waals surface area (Å²) in [4.78, 5) is 11.0. The second-order valence-electron chi connectivity index (χ2n) is 4.96. The summed E-state index contributed by atoms with van der Waals surface area (Å²) in [7, 11) is 1.64. The molecule has 0 amide bonds. The van der Waals surface area contributed by atoms with Gasteiger partial charge in [-0.2, -0.15) is 0 Å². The zero-order chi connectivity index (χ0) is 15.5. The molecule has 0 saturated carbocycles. The first-order chi connectivity index (χ1) is 10.7. The van der Waals surface area contributed by atoms with Crippen molar-refractivity contribution >= 4 is 5.97 Å². The van der Waals surface area contributed by atoms with Crippen LogP contribution in [0.4, 0.5) is 0 Å². The fourth-order valence-corrected chi connectivity index (χ4v) is 2.33. The third-order valence-corrected chi connectivity index (χ3v) is 3.55. The van der Waals surface area contributed by atoms with E-state index in [9.17, 15) is 4.79 Å². The molecule has 0 spiro atoms. The summed E-state index contributed by atoms with van der Waals surface area (Å²) in [5, 5.41) is 17.3. The van der Waals surface area contributed by atoms with Gasteiger partial charge in [-0.05, 0) is 36.8 Å². The van der Waals surface area contributed by atoms with E-state index in [4.69, 9.17) is 9.84 Å². The Kier molecular flexibility index (Phi) is 3.74. The molecule has 0 aliphatic heterocycles. The lowest BCUT2D eigenvalue weighted by Crippen LogP contribution is -2.01. The quantitative estimate of drug-likeness (QED) is 0.938. The van der Waals surface area contributed by atoms with E-state index in [1.165, 1.54) is 0 Å². The molecule has 6 heteroatoms. The number of methoxy groups -OCH3 is 1. The standard InChI is InChI=1S/C16H15N3O3/c1-22-14-7-5-11(6-8-14)15-10-19(18-17-15)13-4-2-3-12(9-13)16(20)21/h2-5,7-11H,6H2,1H3,(H,20,21). The Morgan fingerprint density at radius 3 is 3.00 bits per heavy atom. The lowest BCUT2D eigenvalue weighted by molar-refractivity contribution is 0.0697. The fourth-order valence-electron chi connectivity index (χ4n) is 2.33. The molecule has 0 bridgehead atoms. The van der Waals surface area contributed by atoms with Gasteiger partial charge in [0, 0.05) is 5.92 Å². The molecule has 112 valence electrons. The monoisotopic (exact) mass is 297 g/mol. The molecule has 1 aliphatic carbocycles. The molecule has 1 atom stereocenters. The van der Waals surface area contributed by atoms with Gasteiger partial charge in [0.05, 0.1) is 30.3 Å². The second-order valence-corrected chi connectivity index (χ2v) is 4.96. The number of aromatic nitrogens is 3. The molecule has 22 heavy (non-hydrogen) atoms. The third-order valence-electron chi connectivity index (χ3n) is 3.55. The van der Waals surface area contributed by atoms with E-state index in [2.05, 4.69) is 10.3 Å². The van der Waals surface area contributed by atoms with Crippen molar-refractivity contribution in [3.63, 3.8) is 0 Å². The molecule has 0 radical (unpaired) electrons. The van der Waals surface area contributed by atoms with Crippen LogP contribution in [0.15, 0.2) is 54.4 Å². The van der Waals surface area contributed by atoms with Crippen molar-refractivity contribution in [2.75, 3.05) is 7.11 Å². The van der Waals surface area contributed by atoms with Crippen molar-refractivity contribution in [1.82, 2.24) is 15.0 Å². The Hall–Kier alpha value is -2.89. The number of aromatic carboxylic acids is 1. The number of hydrogen-bond acceptors (Lipinski definition) is 4. The van der Waals surface area contributed by atoms with Crippen molar-refractivity contribution in [1.29, 1.82) is 0 Å². The van der Waals surface area contributed by atoms with E-state index in [0.717, 1.165) is 17.9 Å². The maximum atomic E-state index is 11.0. The van der Waals surface area contributed by atoms with Crippen LogP contribution in [0.1, 0.15) is 28.4 Å². The van der Waals surface area contributed by atoms with Gasteiger partial charge in [-0.25, -0.2) is 9.48 Å². The fraction of sp³-hybridized carbons (Fsp3) is 0.188. The molecule has 1 N–H and O–H groups in total. The minimum Gasteiger partial charge on any atom is -0.497 e. The molecule has 0 fully saturated rings. The van der Waals surface area contributed by atoms with Gasteiger partial charge in [-0.15, -0.1) is 5.10 Å². The van der Waals surface area contributed by atoms with Gasteiger partial charge in [0.25, 0.3) is 0 Å². The average Bonchev–Trinajstić information content (AvgIpc) is 3.05. The molecule has 6 nitrogen and oxygen atoms in total. The minimum absolute atomic E-state index is 0.148. The minimum atomic E-state index is -0.963. The van der Waals surface area contributed by atoms with Gasteiger partial charge in [0.2, 0.25) is 0 Å². The predicted molar refractivity (Wildman–Crippen MR) is 79.9 cm³/mol. The molecule has 1 aliphatic rings. The van der Waals surface area contributed by atoms with Crippen LogP contribution >= 0.6 is 0 Å². The van der Waals surface area contributed by atoms with E-state index in [1.54, 1.807) is 36.1 Å². The SMILES string of the molecule is COC1=CCC(c2cn(-c3cccc(C(=O)O)c3)nn2)C=C1. The summed E-state index contributed by atoms with van der Waals surface area (Å²) in [5.41, 5.74) is 1.73. The molecule has 3 rings (SSSR count). The smallest absolute Gasteiger partial charge is 0.335 e. The van der Waals surface area contributed by atoms with Gasteiger partial charge in [-0.1, -0.05) is 17.4 Å². The molecular weight excluding hydrogens is 282 g/mol. The third kappa shape index (κ3) is 2.76. The Balaban J connectivity index is 1.83. The second kappa shape index (κ2) is 5.85. The highest BCUT2D eigenvalue weighted by molar-refractivity contribution is 5.88. The van der Waals surface area contributed by atoms with Crippen LogP contribution in [0, 0.1) is 0 Å². The molecule has 0 saturated heterocycles. The van der Waals surface area contributed by atoms with Gasteiger partial charge in [-0.3, -0.25) is 0 Å². The Bertz CT molecular complexity index is 762. The number of carboxylic acid groups (broad SMARTS) is 1. The van der Waals surface area contributed by atoms with E-state index in [1.807, 2.05) is 24.4 Å². The maximum absolute atomic E-state index is 11.0. The summed E-state index contributed by atoms with van der Waals surface area (Å²) >= 11 is 0. The van der Waals surface area contributed by atoms with Crippen LogP contribution in [0.25, 0.3) is 5.69 Å². The van der Waals surface area contributed by atoms with E-state index in [-0.39, 0.29) is 11.5 Å². The first-order valence-electron chi connectivity index (χ1n) is 6.85. The van der Waals surface area contributed by atoms with Crippen molar-refractivity contribution in [2.45, 2.75) is 12.3 Å². The van der Waals surface area contributed by atoms with Crippen molar-refractivity contribution in [2.24, 2.45) is 0 Å². The van der Waals surface area contributed by atoms with Gasteiger partial charge in [0.1, 0.15) is 5.76 Å². The Morgan fingerprint density at radius 1 is 1.45 bits per heavy atom. The zero-order valence-corrected chi connectivity index (χ0v) is 12.0. The number of nitrogens with zero attached hydrogens (tertiary/aromatic N) is 3. The van der Waals surface area contributed by atoms with Crippen molar-refractivity contribution in [3.05, 3.63) is 65.7 Å². The number of carboxylic acids is 1. The van der Waals surface area contributed by atoms with Crippen LogP contribution in [0.2, 0.25) is 0 Å². The normalized spacial score (nSPS) is 17.1. The van der Waals surface area contributed by atoms with Crippen molar-refractivity contribution < 1.29 is 14.6 Å². The predicted octanol–water partition coefficient (Wildman–Crippen LogP) is 2.54. The highest BCUT2D eigenvalue weighted by Crippen LogP contribution is 2.25. The first-order valence-corrected chi connectivity index (χ1v) is 6.85. The lowest BCUT2D eigenvalue weighted by atomic mass is 9.97. The van der Waals surface area contributed by atoms with Gasteiger partial charge >= 0.3 is 5.97 Å². The van der Waals surface area contributed by atoms with E-state index in [0.29, 0.717) is 5.69 Å². The zero-order valence-electron chi connectivity index (χ0n) is 12.0. The van der Waals surface area contributed by atoms with Crippen LogP contribution in [0.5, 0.6) is 0 Å². The highest BCUT2D eigenvalue weighted by Gasteiger charge is 2.16. The highest BCUT2D eigenvalue weighted by atomic mass is 16.5. The Labute approximate surface area is 127 Å². The number of carbonyl (C=O) groups is 1. The van der Waals surface area contributed by atoms with Gasteiger partial charge in [0.15, 0.2) is 0 Å². The molecule has 1 aromatic carbocycles. The van der Waals surface area contributed by atoms with Crippen LogP contribution < -0.4 is 0 Å². The largest absolute Gasteiger partial charge is 0.497 e.